The predicted octanol–water partition coefficient (Wildman–Crippen LogP) is 5.77. The minimum Gasteiger partial charge on any atom is -0.0648 e. The predicted molar refractivity (Wildman–Crippen MR) is 81.1 cm³/mol. The van der Waals surface area contributed by atoms with Gasteiger partial charge in [0.2, 0.25) is 0 Å². The topological polar surface area (TPSA) is 0 Å². The number of fused-ring (bicyclic) bond motifs is 1. The Morgan fingerprint density at radius 2 is 1.56 bits per heavy atom. The van der Waals surface area contributed by atoms with Crippen LogP contribution in [0.4, 0.5) is 0 Å². The van der Waals surface area contributed by atoms with Crippen molar-refractivity contribution < 1.29 is 0 Å². The first-order valence-electron chi connectivity index (χ1n) is 7.09. The first-order valence-corrected chi connectivity index (χ1v) is 7.09. The van der Waals surface area contributed by atoms with Gasteiger partial charge in [0.25, 0.3) is 0 Å². The maximum absolute atomic E-state index is 2.41. The summed E-state index contributed by atoms with van der Waals surface area (Å²) in [4.78, 5) is 0. The lowest BCUT2D eigenvalue weighted by Crippen LogP contribution is -2.22. The molecule has 0 N–H and O–H groups in total. The molecule has 0 saturated heterocycles. The van der Waals surface area contributed by atoms with E-state index in [1.165, 1.54) is 29.2 Å². The van der Waals surface area contributed by atoms with Gasteiger partial charge in [0.05, 0.1) is 0 Å². The summed E-state index contributed by atoms with van der Waals surface area (Å²) in [6.07, 6.45) is 2.47. The zero-order valence-electron chi connectivity index (χ0n) is 12.0. The highest BCUT2D eigenvalue weighted by molar-refractivity contribution is 5.83. The fourth-order valence-electron chi connectivity index (χ4n) is 2.74. The van der Waals surface area contributed by atoms with E-state index in [0.717, 1.165) is 0 Å². The Morgan fingerprint density at radius 1 is 0.944 bits per heavy atom. The van der Waals surface area contributed by atoms with Gasteiger partial charge >= 0.3 is 0 Å². The van der Waals surface area contributed by atoms with Crippen LogP contribution < -0.4 is 0 Å². The van der Waals surface area contributed by atoms with Gasteiger partial charge in [0.1, 0.15) is 0 Å². The molecule has 0 heterocycles. The SMILES string of the molecule is CCC(C)(CC)C(C)c1ccc2ccccc2c1. The minimum absolute atomic E-state index is 0.405. The summed E-state index contributed by atoms with van der Waals surface area (Å²) in [5.41, 5.74) is 1.88. The summed E-state index contributed by atoms with van der Waals surface area (Å²) in [5.74, 6) is 0.608. The third-order valence-corrected chi connectivity index (χ3v) is 4.93. The van der Waals surface area contributed by atoms with E-state index in [9.17, 15) is 0 Å². The Labute approximate surface area is 111 Å². The van der Waals surface area contributed by atoms with Crippen LogP contribution in [0.1, 0.15) is 52.0 Å². The van der Waals surface area contributed by atoms with Crippen LogP contribution >= 0.6 is 0 Å². The third kappa shape index (κ3) is 2.29. The van der Waals surface area contributed by atoms with Crippen molar-refractivity contribution in [2.24, 2.45) is 5.41 Å². The van der Waals surface area contributed by atoms with Crippen LogP contribution in [-0.2, 0) is 0 Å². The zero-order chi connectivity index (χ0) is 13.2. The van der Waals surface area contributed by atoms with Crippen molar-refractivity contribution in [1.82, 2.24) is 0 Å². The normalized spacial score (nSPS) is 13.8. The van der Waals surface area contributed by atoms with Crippen molar-refractivity contribution in [3.05, 3.63) is 48.0 Å². The molecule has 0 aliphatic carbocycles. The Balaban J connectivity index is 2.42. The molecule has 2 aromatic carbocycles. The average molecular weight is 240 g/mol. The van der Waals surface area contributed by atoms with Gasteiger partial charge in [-0.3, -0.25) is 0 Å². The van der Waals surface area contributed by atoms with Crippen LogP contribution in [0, 0.1) is 5.41 Å². The van der Waals surface area contributed by atoms with Gasteiger partial charge in [-0.15, -0.1) is 0 Å². The molecule has 2 rings (SSSR count). The molecule has 0 nitrogen and oxygen atoms in total. The van der Waals surface area contributed by atoms with E-state index in [2.05, 4.69) is 70.2 Å². The molecule has 0 heteroatoms. The van der Waals surface area contributed by atoms with Gasteiger partial charge in [-0.1, -0.05) is 83.0 Å². The minimum atomic E-state index is 0.405. The van der Waals surface area contributed by atoms with Crippen LogP contribution in [-0.4, -0.2) is 0 Å². The van der Waals surface area contributed by atoms with Crippen LogP contribution in [0.15, 0.2) is 42.5 Å². The molecule has 0 aliphatic rings. The summed E-state index contributed by atoms with van der Waals surface area (Å²) in [5, 5.41) is 2.69. The number of hydrogen-bond acceptors (Lipinski definition) is 0. The second-order valence-electron chi connectivity index (χ2n) is 5.69. The molecule has 2 aromatic rings. The molecule has 0 spiro atoms. The summed E-state index contributed by atoms with van der Waals surface area (Å²) < 4.78 is 0. The van der Waals surface area contributed by atoms with E-state index in [1.807, 2.05) is 0 Å². The second kappa shape index (κ2) is 5.14. The zero-order valence-corrected chi connectivity index (χ0v) is 12.0. The summed E-state index contributed by atoms with van der Waals surface area (Å²) in [6, 6.07) is 15.5. The van der Waals surface area contributed by atoms with Crippen molar-refractivity contribution in [2.75, 3.05) is 0 Å². The smallest absolute Gasteiger partial charge is 0.0136 e. The Kier molecular flexibility index (Phi) is 3.75. The van der Waals surface area contributed by atoms with Crippen molar-refractivity contribution in [2.45, 2.75) is 46.5 Å². The van der Waals surface area contributed by atoms with Gasteiger partial charge in [-0.2, -0.15) is 0 Å². The maximum Gasteiger partial charge on any atom is -0.0136 e. The van der Waals surface area contributed by atoms with Crippen molar-refractivity contribution in [3.8, 4) is 0 Å². The number of benzene rings is 2. The summed E-state index contributed by atoms with van der Waals surface area (Å²) >= 11 is 0. The molecule has 18 heavy (non-hydrogen) atoms. The molecule has 0 aliphatic heterocycles. The van der Waals surface area contributed by atoms with E-state index in [-0.39, 0.29) is 0 Å². The van der Waals surface area contributed by atoms with Gasteiger partial charge in [0, 0.05) is 0 Å². The second-order valence-corrected chi connectivity index (χ2v) is 5.69. The molecule has 0 saturated carbocycles. The van der Waals surface area contributed by atoms with E-state index >= 15 is 0 Å². The maximum atomic E-state index is 2.41. The highest BCUT2D eigenvalue weighted by atomic mass is 14.3. The van der Waals surface area contributed by atoms with Crippen molar-refractivity contribution >= 4 is 10.8 Å². The quantitative estimate of drug-likeness (QED) is 0.636. The Hall–Kier alpha value is -1.30. The first kappa shape index (κ1) is 13.1. The molecule has 0 amide bonds. The van der Waals surface area contributed by atoms with E-state index in [4.69, 9.17) is 0 Å². The van der Waals surface area contributed by atoms with E-state index < -0.39 is 0 Å². The third-order valence-electron chi connectivity index (χ3n) is 4.93. The van der Waals surface area contributed by atoms with E-state index in [1.54, 1.807) is 0 Å². The average Bonchev–Trinajstić information content (AvgIpc) is 2.45. The number of hydrogen-bond donors (Lipinski definition) is 0. The standard InChI is InChI=1S/C18H24/c1-5-18(4,6-2)14(3)16-12-11-15-9-7-8-10-17(15)13-16/h7-14H,5-6H2,1-4H3. The van der Waals surface area contributed by atoms with Crippen LogP contribution in [0.25, 0.3) is 10.8 Å². The molecule has 0 aromatic heterocycles. The molecule has 1 atom stereocenters. The van der Waals surface area contributed by atoms with Crippen LogP contribution in [0.2, 0.25) is 0 Å². The van der Waals surface area contributed by atoms with Gasteiger partial charge < -0.3 is 0 Å². The molecular formula is C18H24. The fraction of sp³-hybridized carbons (Fsp3) is 0.444. The van der Waals surface area contributed by atoms with Crippen molar-refractivity contribution in [1.29, 1.82) is 0 Å². The van der Waals surface area contributed by atoms with Crippen LogP contribution in [0.5, 0.6) is 0 Å². The van der Waals surface area contributed by atoms with Gasteiger partial charge in [-0.05, 0) is 27.7 Å². The van der Waals surface area contributed by atoms with Gasteiger partial charge in [0.15, 0.2) is 0 Å². The largest absolute Gasteiger partial charge is 0.0648 e. The van der Waals surface area contributed by atoms with E-state index in [0.29, 0.717) is 11.3 Å². The molecule has 0 fully saturated rings. The summed E-state index contributed by atoms with van der Waals surface area (Å²) in [6.45, 7) is 9.39. The molecule has 0 bridgehead atoms. The Bertz CT molecular complexity index is 520. The summed E-state index contributed by atoms with van der Waals surface area (Å²) in [7, 11) is 0. The molecular weight excluding hydrogens is 216 g/mol. The molecule has 1 unspecified atom stereocenters. The van der Waals surface area contributed by atoms with Crippen LogP contribution in [0.3, 0.4) is 0 Å². The first-order chi connectivity index (χ1) is 8.60. The van der Waals surface area contributed by atoms with Crippen molar-refractivity contribution in [3.63, 3.8) is 0 Å². The molecule has 0 radical (unpaired) electrons. The highest BCUT2D eigenvalue weighted by Gasteiger charge is 2.28. The molecule has 96 valence electrons. The lowest BCUT2D eigenvalue weighted by Gasteiger charge is -2.34. The number of rotatable bonds is 4. The van der Waals surface area contributed by atoms with Gasteiger partial charge in [-0.25, -0.2) is 0 Å². The highest BCUT2D eigenvalue weighted by Crippen LogP contribution is 2.41. The lowest BCUT2D eigenvalue weighted by atomic mass is 9.71. The fourth-order valence-corrected chi connectivity index (χ4v) is 2.74. The monoisotopic (exact) mass is 240 g/mol. The lowest BCUT2D eigenvalue weighted by molar-refractivity contribution is 0.243. The Morgan fingerprint density at radius 3 is 2.17 bits per heavy atom.